The zero-order valence-electron chi connectivity index (χ0n) is 73.2. The number of halogens is 9. The molecule has 0 radical (unpaired) electrons. The molecule has 3 rings (SSSR count). The van der Waals surface area contributed by atoms with Crippen molar-refractivity contribution in [1.29, 1.82) is 0 Å². The molecular weight excluding hydrogens is 2190 g/mol. The molecule has 46 heteroatoms. The Bertz CT molecular complexity index is 3410. The summed E-state index contributed by atoms with van der Waals surface area (Å²) in [5, 5.41) is 84.5. The van der Waals surface area contributed by atoms with Gasteiger partial charge in [0, 0.05) is 75.1 Å². The molecule has 0 bridgehead atoms. The second-order valence-corrected chi connectivity index (χ2v) is 53.0. The number of hydrogen-bond donors (Lipinski definition) is 12. The van der Waals surface area contributed by atoms with Gasteiger partial charge >= 0.3 is 0 Å². The van der Waals surface area contributed by atoms with Crippen molar-refractivity contribution in [1.82, 2.24) is 92.8 Å². The monoisotopic (exact) mass is 2310 g/mol. The topological polar surface area (TPSA) is 471 Å². The number of carbonyl (C=O) groups excluding carboxylic acids is 8. The van der Waals surface area contributed by atoms with Crippen LogP contribution in [-0.4, -0.2) is 310 Å². The lowest BCUT2D eigenvalue weighted by molar-refractivity contribution is -0.126. The van der Waals surface area contributed by atoms with Gasteiger partial charge in [-0.3, -0.25) is 57.7 Å². The molecule has 8 amide bonds. The molecule has 0 aliphatic rings. The average molecular weight is 2320 g/mol. The molecule has 37 nitrogen and oxygen atoms in total. The summed E-state index contributed by atoms with van der Waals surface area (Å²) in [5.41, 5.74) is -3.53. The fourth-order valence-electron chi connectivity index (χ4n) is 10.6. The van der Waals surface area contributed by atoms with E-state index in [4.69, 9.17) is 43.0 Å². The lowest BCUT2D eigenvalue weighted by Crippen LogP contribution is -2.58. The summed E-state index contributed by atoms with van der Waals surface area (Å²) in [6.45, 7) is 30.6. The van der Waals surface area contributed by atoms with Gasteiger partial charge < -0.3 is 95.7 Å². The molecule has 0 fully saturated rings. The molecule has 0 aromatic carbocycles. The highest BCUT2D eigenvalue weighted by Crippen LogP contribution is 2.31. The molecule has 12 N–H and O–H groups in total. The number of alkyl halides is 9. The molecule has 3 aromatic heterocycles. The molecule has 122 heavy (non-hydrogen) atoms. The van der Waals surface area contributed by atoms with Crippen LogP contribution in [0.2, 0.25) is 0 Å². The maximum atomic E-state index is 13.6. The summed E-state index contributed by atoms with van der Waals surface area (Å²) < 4.78 is 44.9. The van der Waals surface area contributed by atoms with Crippen molar-refractivity contribution in [3.8, 4) is 0 Å². The lowest BCUT2D eigenvalue weighted by atomic mass is 9.87. The van der Waals surface area contributed by atoms with Gasteiger partial charge in [-0.1, -0.05) is 159 Å². The van der Waals surface area contributed by atoms with E-state index in [-0.39, 0.29) is 232 Å². The fraction of sp³-hybridized carbons (Fsp3) is 0.816. The van der Waals surface area contributed by atoms with Crippen LogP contribution >= 0.6 is 143 Å². The van der Waals surface area contributed by atoms with Gasteiger partial charge in [0.05, 0.1) is 195 Å². The number of aromatic nitrogens is 9. The molecule has 2 unspecified atom stereocenters. The van der Waals surface area contributed by atoms with Crippen molar-refractivity contribution >= 4 is 191 Å². The van der Waals surface area contributed by atoms with E-state index in [1.54, 1.807) is 157 Å². The van der Waals surface area contributed by atoms with E-state index < -0.39 is 79.5 Å². The summed E-state index contributed by atoms with van der Waals surface area (Å²) in [7, 11) is 0. The molecule has 2 atom stereocenters. The average Bonchev–Trinajstić information content (AvgIpc) is 1.63. The Labute approximate surface area is 792 Å². The first-order valence-corrected chi connectivity index (χ1v) is 46.7. The molecular formula is C76H129Br9N18O19. The van der Waals surface area contributed by atoms with Crippen molar-refractivity contribution in [2.75, 3.05) is 151 Å². The number of nitrogens with zero attached hydrogens (tertiary/aromatic N) is 9. The molecule has 0 saturated heterocycles. The number of aliphatic hydroxyl groups is 3. The number of ether oxygens (including phenoxy) is 8. The zero-order chi connectivity index (χ0) is 92.6. The Hall–Kier alpha value is -2.98. The van der Waals surface area contributed by atoms with Crippen molar-refractivity contribution in [3.63, 3.8) is 0 Å². The zero-order valence-corrected chi connectivity index (χ0v) is 87.5. The van der Waals surface area contributed by atoms with Crippen LogP contribution in [0.25, 0.3) is 0 Å². The maximum absolute atomic E-state index is 13.6. The normalized spacial score (nSPS) is 13.8. The van der Waals surface area contributed by atoms with E-state index in [9.17, 15) is 48.6 Å². The summed E-state index contributed by atoms with van der Waals surface area (Å²) in [5.74, 6) is -2.86. The smallest absolute Gasteiger partial charge is 0.236 e. The van der Waals surface area contributed by atoms with Crippen molar-refractivity contribution in [3.05, 3.63) is 35.7 Å². The van der Waals surface area contributed by atoms with E-state index in [1.165, 1.54) is 0 Å². The predicted molar refractivity (Wildman–Crippen MR) is 491 cm³/mol. The highest BCUT2D eigenvalue weighted by atomic mass is 79.9. The van der Waals surface area contributed by atoms with Crippen LogP contribution in [0.1, 0.15) is 142 Å². The second kappa shape index (κ2) is 51.0. The number of nitrogens with one attached hydrogen (secondary N) is 9. The lowest BCUT2D eigenvalue weighted by Gasteiger charge is -2.37. The van der Waals surface area contributed by atoms with E-state index in [2.05, 4.69) is 222 Å². The fourth-order valence-corrected chi connectivity index (χ4v) is 11.9. The molecule has 3 heterocycles. The number of aliphatic hydroxyl groups excluding tert-OH is 3. The van der Waals surface area contributed by atoms with Gasteiger partial charge in [-0.25, -0.2) is 0 Å². The molecule has 0 spiro atoms. The van der Waals surface area contributed by atoms with Crippen LogP contribution in [0.5, 0.6) is 0 Å². The van der Waals surface area contributed by atoms with Crippen LogP contribution in [-0.2, 0) is 116 Å². The minimum absolute atomic E-state index is 0.0135. The number of rotatable bonds is 63. The highest BCUT2D eigenvalue weighted by Gasteiger charge is 2.43. The molecule has 0 aliphatic carbocycles. The quantitative estimate of drug-likeness (QED) is 0.0196. The van der Waals surface area contributed by atoms with Crippen molar-refractivity contribution < 1.29 is 91.6 Å². The van der Waals surface area contributed by atoms with Gasteiger partial charge in [-0.05, 0) is 125 Å². The Morgan fingerprint density at radius 3 is 0.762 bits per heavy atom. The third kappa shape index (κ3) is 44.1. The predicted octanol–water partition coefficient (Wildman–Crippen LogP) is 5.19. The summed E-state index contributed by atoms with van der Waals surface area (Å²) >= 11 is 31.1. The van der Waals surface area contributed by atoms with Gasteiger partial charge in [-0.2, -0.15) is 0 Å². The van der Waals surface area contributed by atoms with Gasteiger partial charge in [0.15, 0.2) is 0 Å². The highest BCUT2D eigenvalue weighted by molar-refractivity contribution is 9.11. The standard InChI is InChI=1S/C76H129Br9N18O19/c1-64(2,77)55(106)86-35-73(36-87-56(107)65(3,4)78,37-88-57(108)66(5,6)79)47-120-31-51-27-101(98-95-51)44-76(50-119-26-24-117-22-20-115-19-21-116-23-25-118-34-54(105)30-104,45-102-28-52(96-99-102)32-121-48-74(38-89-58(109)67(7,8)80,39-90-59(110)68(9,10)81)40-91-60(111)69(11,12)82)46-103-29-53(97-100-103)33-122-49-75(41-92-61(112)70(13,14)83,42-93-62(113)71(15,16)84)43-94-63(114)72(17,18)85/h27-29,54-55,86,104-106H,19-26,30-50H2,1-18H3,(H,87,107)(H,88,108)(H,89,109)(H,90,110)(H,91,111)(H,92,112)(H,93,113)(H,94,114). The third-order valence-corrected chi connectivity index (χ3v) is 21.6. The number of hydrogen-bond acceptors (Lipinski definition) is 26. The number of carbonyl (C=O) groups is 8. The van der Waals surface area contributed by atoms with E-state index >= 15 is 0 Å². The van der Waals surface area contributed by atoms with Crippen molar-refractivity contribution in [2.45, 2.75) is 215 Å². The molecule has 700 valence electrons. The minimum Gasteiger partial charge on any atom is -0.394 e. The second-order valence-electron chi connectivity index (χ2n) is 35.1. The first-order valence-electron chi connectivity index (χ1n) is 39.5. The van der Waals surface area contributed by atoms with Gasteiger partial charge in [0.25, 0.3) is 0 Å². The van der Waals surface area contributed by atoms with E-state index in [1.807, 2.05) is 0 Å². The Morgan fingerprint density at radius 2 is 0.541 bits per heavy atom. The van der Waals surface area contributed by atoms with Gasteiger partial charge in [-0.15, -0.1) is 15.3 Å². The summed E-state index contributed by atoms with van der Waals surface area (Å²) in [4.78, 5) is 108. The van der Waals surface area contributed by atoms with Crippen LogP contribution < -0.4 is 47.9 Å². The minimum atomic E-state index is -1.16. The Morgan fingerprint density at radius 1 is 0.328 bits per heavy atom. The van der Waals surface area contributed by atoms with Gasteiger partial charge in [0.2, 0.25) is 47.3 Å². The summed E-state index contributed by atoms with van der Waals surface area (Å²) in [6, 6.07) is 0. The number of amides is 8. The molecule has 0 aliphatic heterocycles. The Balaban J connectivity index is 2.31. The molecule has 3 aromatic rings. The maximum Gasteiger partial charge on any atom is 0.236 e. The van der Waals surface area contributed by atoms with E-state index in [0.717, 1.165) is 0 Å². The van der Waals surface area contributed by atoms with Crippen molar-refractivity contribution in [2.24, 2.45) is 21.7 Å². The van der Waals surface area contributed by atoms with E-state index in [0.29, 0.717) is 17.1 Å². The third-order valence-electron chi connectivity index (χ3n) is 18.3. The van der Waals surface area contributed by atoms with Crippen LogP contribution in [0.15, 0.2) is 18.6 Å². The Kier molecular flexibility index (Phi) is 47.3. The van der Waals surface area contributed by atoms with Gasteiger partial charge in [0.1, 0.15) is 29.4 Å². The SMILES string of the molecule is CC(C)(Br)C(=O)NCC(CNC(=O)C(C)(C)Br)(CNC(=O)C(C)(C)Br)COCc1cn(CC(COCCOCCOCCOCCOCC(O)CO)(Cn2cc(COCC(CNC(=O)C(C)(C)Br)(CNC(=O)C(C)(C)Br)CNC(=O)C(C)(C)Br)nn2)Cn2cc(COCC(CNC(=O)C(C)(C)Br)(CNC(=O)C(C)(C)Br)CNC(O)C(C)(C)Br)nn2)nn1. The molecule has 0 saturated carbocycles. The summed E-state index contributed by atoms with van der Waals surface area (Å²) in [6.07, 6.45) is 2.98. The largest absolute Gasteiger partial charge is 0.394 e. The first kappa shape index (κ1) is 113. The van der Waals surface area contributed by atoms with Crippen LogP contribution in [0.3, 0.4) is 0 Å². The van der Waals surface area contributed by atoms with Crippen LogP contribution in [0.4, 0.5) is 0 Å². The first-order chi connectivity index (χ1) is 56.1. The van der Waals surface area contributed by atoms with Crippen LogP contribution in [0, 0.1) is 21.7 Å².